The molecule has 5 heteroatoms. The minimum atomic E-state index is -0.881. The molecule has 0 saturated heterocycles. The molecule has 58 valence electrons. The fourth-order valence-electron chi connectivity index (χ4n) is 0.196. The van der Waals surface area contributed by atoms with Crippen LogP contribution < -0.4 is 0 Å². The lowest BCUT2D eigenvalue weighted by atomic mass is 10.8. The van der Waals surface area contributed by atoms with Gasteiger partial charge in [0.25, 0.3) is 0 Å². The molecular formula is C5H8O2S3. The van der Waals surface area contributed by atoms with E-state index in [9.17, 15) is 4.79 Å². The Morgan fingerprint density at radius 3 is 2.50 bits per heavy atom. The van der Waals surface area contributed by atoms with E-state index in [-0.39, 0.29) is 5.75 Å². The molecule has 1 aliphatic rings. The summed E-state index contributed by atoms with van der Waals surface area (Å²) in [6.07, 6.45) is 2.16. The average molecular weight is 196 g/mol. The van der Waals surface area contributed by atoms with E-state index in [0.717, 1.165) is 0 Å². The van der Waals surface area contributed by atoms with Gasteiger partial charge < -0.3 is 5.11 Å². The van der Waals surface area contributed by atoms with Crippen molar-refractivity contribution in [3.63, 3.8) is 0 Å². The molecule has 0 unspecified atom stereocenters. The molecule has 1 N–H and O–H groups in total. The normalized spacial score (nSPS) is 14.1. The number of hydrogen-bond acceptors (Lipinski definition) is 4. The van der Waals surface area contributed by atoms with Crippen molar-refractivity contribution in [2.24, 2.45) is 0 Å². The average Bonchev–Trinajstić information content (AvgIpc) is 2.43. The second kappa shape index (κ2) is 7.37. The first-order valence-electron chi connectivity index (χ1n) is 2.53. The Bertz CT molecular complexity index is 118. The number of carboxylic acids is 1. The lowest BCUT2D eigenvalue weighted by Gasteiger charge is -1.71. The fourth-order valence-corrected chi connectivity index (χ4v) is 1.77. The largest absolute Gasteiger partial charge is 0.481 e. The predicted octanol–water partition coefficient (Wildman–Crippen LogP) is 1.90. The maximum atomic E-state index is 9.29. The molecule has 1 rings (SSSR count). The lowest BCUT2D eigenvalue weighted by molar-refractivity contribution is -0.133. The monoisotopic (exact) mass is 196 g/mol. The van der Waals surface area contributed by atoms with Crippen LogP contribution in [-0.2, 0) is 4.79 Å². The minimum Gasteiger partial charge on any atom is -0.481 e. The van der Waals surface area contributed by atoms with E-state index >= 15 is 0 Å². The van der Waals surface area contributed by atoms with Gasteiger partial charge in [-0.25, -0.2) is 0 Å². The van der Waals surface area contributed by atoms with Crippen molar-refractivity contribution in [3.05, 3.63) is 11.5 Å². The Hall–Kier alpha value is 0.260. The molecule has 0 aromatic carbocycles. The molecule has 1 aliphatic heterocycles. The highest BCUT2D eigenvalue weighted by molar-refractivity contribution is 8.78. The Labute approximate surface area is 73.3 Å². The van der Waals surface area contributed by atoms with E-state index in [4.69, 9.17) is 5.11 Å². The van der Waals surface area contributed by atoms with Crippen molar-refractivity contribution in [1.29, 1.82) is 0 Å². The van der Waals surface area contributed by atoms with Crippen LogP contribution in [0.4, 0.5) is 0 Å². The van der Waals surface area contributed by atoms with E-state index < -0.39 is 5.97 Å². The Balaban J connectivity index is 0.000000162. The number of carbonyl (C=O) groups is 1. The predicted molar refractivity (Wildman–Crippen MR) is 50.7 cm³/mol. The SMILES string of the molecule is C1=CSSC1.O=C(O)CS. The van der Waals surface area contributed by atoms with Crippen molar-refractivity contribution in [3.8, 4) is 0 Å². The molecule has 0 aliphatic carbocycles. The molecule has 0 amide bonds. The zero-order chi connectivity index (χ0) is 7.82. The van der Waals surface area contributed by atoms with Crippen LogP contribution in [0.25, 0.3) is 0 Å². The van der Waals surface area contributed by atoms with Crippen LogP contribution in [0.15, 0.2) is 11.5 Å². The van der Waals surface area contributed by atoms with Gasteiger partial charge in [-0.1, -0.05) is 27.7 Å². The summed E-state index contributed by atoms with van der Waals surface area (Å²) in [5.74, 6) is 0.235. The first-order valence-corrected chi connectivity index (χ1v) is 5.54. The van der Waals surface area contributed by atoms with Gasteiger partial charge in [-0.15, -0.1) is 0 Å². The molecule has 2 nitrogen and oxygen atoms in total. The standard InChI is InChI=1S/C3H4S2.C2H4O2S/c1-2-4-5-3-1;3-2(4)1-5/h1-2H,3H2;5H,1H2,(H,3,4). The second-order valence-electron chi connectivity index (χ2n) is 1.30. The quantitative estimate of drug-likeness (QED) is 0.496. The second-order valence-corrected chi connectivity index (χ2v) is 3.94. The van der Waals surface area contributed by atoms with E-state index in [0.29, 0.717) is 0 Å². The summed E-state index contributed by atoms with van der Waals surface area (Å²) in [4.78, 5) is 9.29. The van der Waals surface area contributed by atoms with Crippen LogP contribution in [0.3, 0.4) is 0 Å². The Morgan fingerprint density at radius 1 is 1.80 bits per heavy atom. The highest BCUT2D eigenvalue weighted by atomic mass is 33.1. The molecule has 0 aromatic rings. The first-order chi connectivity index (χ1) is 4.77. The molecule has 1 heterocycles. The number of rotatable bonds is 1. The molecule has 0 radical (unpaired) electrons. The van der Waals surface area contributed by atoms with Gasteiger partial charge >= 0.3 is 5.97 Å². The van der Waals surface area contributed by atoms with Crippen molar-refractivity contribution in [1.82, 2.24) is 0 Å². The summed E-state index contributed by atoms with van der Waals surface area (Å²) in [6.45, 7) is 0. The molecule has 0 fully saturated rings. The third-order valence-electron chi connectivity index (χ3n) is 0.519. The third-order valence-corrected chi connectivity index (χ3v) is 2.71. The number of hydrogen-bond donors (Lipinski definition) is 2. The molecule has 0 aromatic heterocycles. The van der Waals surface area contributed by atoms with E-state index in [1.165, 1.54) is 5.75 Å². The van der Waals surface area contributed by atoms with Crippen LogP contribution in [0.2, 0.25) is 0 Å². The van der Waals surface area contributed by atoms with Gasteiger partial charge in [0.15, 0.2) is 0 Å². The smallest absolute Gasteiger partial charge is 0.313 e. The van der Waals surface area contributed by atoms with Gasteiger partial charge in [0, 0.05) is 5.75 Å². The molecular weight excluding hydrogens is 188 g/mol. The van der Waals surface area contributed by atoms with Gasteiger partial charge in [0.05, 0.1) is 5.75 Å². The maximum Gasteiger partial charge on any atom is 0.313 e. The topological polar surface area (TPSA) is 37.3 Å². The lowest BCUT2D eigenvalue weighted by Crippen LogP contribution is -1.92. The number of thiol groups is 1. The van der Waals surface area contributed by atoms with E-state index in [1.807, 2.05) is 21.6 Å². The summed E-state index contributed by atoms with van der Waals surface area (Å²) in [6, 6.07) is 0. The molecule has 0 spiro atoms. The number of aliphatic carboxylic acids is 1. The van der Waals surface area contributed by atoms with E-state index in [1.54, 1.807) is 0 Å². The van der Waals surface area contributed by atoms with Crippen molar-refractivity contribution >= 4 is 40.2 Å². The summed E-state index contributed by atoms with van der Waals surface area (Å²) in [5, 5.41) is 9.76. The van der Waals surface area contributed by atoms with Gasteiger partial charge in [-0.3, -0.25) is 4.79 Å². The summed E-state index contributed by atoms with van der Waals surface area (Å²) in [7, 11) is 3.69. The highest BCUT2D eigenvalue weighted by Crippen LogP contribution is 2.27. The van der Waals surface area contributed by atoms with Crippen molar-refractivity contribution < 1.29 is 9.90 Å². The van der Waals surface area contributed by atoms with Crippen LogP contribution >= 0.6 is 34.2 Å². The summed E-state index contributed by atoms with van der Waals surface area (Å²) >= 11 is 3.42. The first kappa shape index (κ1) is 10.3. The molecule has 0 bridgehead atoms. The van der Waals surface area contributed by atoms with Gasteiger partial charge in [0.1, 0.15) is 0 Å². The fraction of sp³-hybridized carbons (Fsp3) is 0.400. The highest BCUT2D eigenvalue weighted by Gasteiger charge is 1.85. The molecule has 10 heavy (non-hydrogen) atoms. The van der Waals surface area contributed by atoms with Crippen LogP contribution in [0.1, 0.15) is 0 Å². The third kappa shape index (κ3) is 8.26. The minimum absolute atomic E-state index is 0.0833. The van der Waals surface area contributed by atoms with Gasteiger partial charge in [-0.05, 0) is 5.41 Å². The number of carboxylic acid groups (broad SMARTS) is 1. The van der Waals surface area contributed by atoms with Gasteiger partial charge in [0.2, 0.25) is 0 Å². The van der Waals surface area contributed by atoms with Crippen LogP contribution in [0, 0.1) is 0 Å². The summed E-state index contributed by atoms with van der Waals surface area (Å²) in [5.41, 5.74) is 0. The molecule has 0 saturated carbocycles. The molecule has 0 atom stereocenters. The Morgan fingerprint density at radius 2 is 2.40 bits per heavy atom. The summed E-state index contributed by atoms with van der Waals surface area (Å²) < 4.78 is 0. The zero-order valence-corrected chi connectivity index (χ0v) is 7.72. The van der Waals surface area contributed by atoms with Crippen LogP contribution in [0.5, 0.6) is 0 Å². The maximum absolute atomic E-state index is 9.29. The van der Waals surface area contributed by atoms with Crippen molar-refractivity contribution in [2.75, 3.05) is 11.5 Å². The van der Waals surface area contributed by atoms with Crippen LogP contribution in [-0.4, -0.2) is 22.6 Å². The van der Waals surface area contributed by atoms with Crippen molar-refractivity contribution in [2.45, 2.75) is 0 Å². The van der Waals surface area contributed by atoms with E-state index in [2.05, 4.69) is 24.1 Å². The zero-order valence-electron chi connectivity index (χ0n) is 5.19. The Kier molecular flexibility index (Phi) is 7.56. The van der Waals surface area contributed by atoms with Gasteiger partial charge in [-0.2, -0.15) is 12.6 Å².